The number of nitrogens with zero attached hydrogens (tertiary/aromatic N) is 2. The molecule has 3 heterocycles. The Labute approximate surface area is 198 Å². The molecular formula is C25H25N5O3S. The number of carbonyl (C=O) groups is 1. The maximum Gasteiger partial charge on any atom is 0.267 e. The minimum atomic E-state index is -3.75. The van der Waals surface area contributed by atoms with Gasteiger partial charge in [0.15, 0.2) is 0 Å². The van der Waals surface area contributed by atoms with Gasteiger partial charge >= 0.3 is 0 Å². The smallest absolute Gasteiger partial charge is 0.267 e. The summed E-state index contributed by atoms with van der Waals surface area (Å²) < 4.78 is 28.8. The molecule has 8 nitrogen and oxygen atoms in total. The molecule has 1 aliphatic rings. The molecule has 9 heteroatoms. The predicted octanol–water partition coefficient (Wildman–Crippen LogP) is 3.89. The fourth-order valence-corrected chi connectivity index (χ4v) is 5.23. The second-order valence-corrected chi connectivity index (χ2v) is 9.97. The summed E-state index contributed by atoms with van der Waals surface area (Å²) >= 11 is 0. The number of carbonyl (C=O) groups excluding carboxylic acids is 1. The molecule has 2 aromatic carbocycles. The molecule has 3 N–H and O–H groups in total. The van der Waals surface area contributed by atoms with E-state index in [1.165, 1.54) is 0 Å². The minimum Gasteiger partial charge on any atom is -0.370 e. The lowest BCUT2D eigenvalue weighted by molar-refractivity contribution is 0.0946. The van der Waals surface area contributed by atoms with Crippen LogP contribution in [-0.4, -0.2) is 37.4 Å². The summed E-state index contributed by atoms with van der Waals surface area (Å²) in [4.78, 5) is 22.0. The van der Waals surface area contributed by atoms with Crippen molar-refractivity contribution in [2.45, 2.75) is 24.3 Å². The van der Waals surface area contributed by atoms with Gasteiger partial charge in [-0.15, -0.1) is 0 Å². The maximum absolute atomic E-state index is 13.0. The molecule has 1 amide bonds. The predicted molar refractivity (Wildman–Crippen MR) is 132 cm³/mol. The summed E-state index contributed by atoms with van der Waals surface area (Å²) in [5.41, 5.74) is 3.56. The van der Waals surface area contributed by atoms with E-state index < -0.39 is 10.0 Å². The molecule has 1 aliphatic heterocycles. The van der Waals surface area contributed by atoms with E-state index in [0.717, 1.165) is 48.1 Å². The van der Waals surface area contributed by atoms with Crippen LogP contribution in [0.3, 0.4) is 0 Å². The van der Waals surface area contributed by atoms with Crippen LogP contribution in [-0.2, 0) is 16.6 Å². The van der Waals surface area contributed by atoms with Gasteiger partial charge < -0.3 is 15.2 Å². The number of hydrogen-bond acceptors (Lipinski definition) is 5. The number of sulfonamides is 1. The van der Waals surface area contributed by atoms with E-state index in [9.17, 15) is 13.2 Å². The first-order chi connectivity index (χ1) is 16.5. The van der Waals surface area contributed by atoms with Crippen molar-refractivity contribution in [3.05, 3.63) is 84.3 Å². The number of anilines is 2. The number of amides is 1. The van der Waals surface area contributed by atoms with Crippen molar-refractivity contribution < 1.29 is 13.2 Å². The third-order valence-corrected chi connectivity index (χ3v) is 7.33. The van der Waals surface area contributed by atoms with Gasteiger partial charge in [-0.25, -0.2) is 8.42 Å². The van der Waals surface area contributed by atoms with Crippen molar-refractivity contribution in [2.75, 3.05) is 22.7 Å². The number of aromatic amines is 1. The molecule has 2 aromatic heterocycles. The molecule has 0 atom stereocenters. The van der Waals surface area contributed by atoms with Crippen LogP contribution >= 0.6 is 0 Å². The van der Waals surface area contributed by atoms with Gasteiger partial charge in [-0.05, 0) is 54.8 Å². The van der Waals surface area contributed by atoms with Gasteiger partial charge in [-0.3, -0.25) is 14.5 Å². The van der Waals surface area contributed by atoms with E-state index in [-0.39, 0.29) is 17.3 Å². The number of rotatable bonds is 7. The van der Waals surface area contributed by atoms with Gasteiger partial charge in [-0.1, -0.05) is 24.3 Å². The second-order valence-electron chi connectivity index (χ2n) is 8.29. The quantitative estimate of drug-likeness (QED) is 0.376. The zero-order valence-corrected chi connectivity index (χ0v) is 19.3. The van der Waals surface area contributed by atoms with Crippen LogP contribution in [0.4, 0.5) is 11.4 Å². The van der Waals surface area contributed by atoms with E-state index in [1.807, 2.05) is 24.3 Å². The van der Waals surface area contributed by atoms with E-state index in [2.05, 4.69) is 24.9 Å². The normalized spacial score (nSPS) is 13.8. The highest BCUT2D eigenvalue weighted by Crippen LogP contribution is 2.30. The van der Waals surface area contributed by atoms with Gasteiger partial charge in [0.05, 0.1) is 16.3 Å². The van der Waals surface area contributed by atoms with Crippen molar-refractivity contribution in [1.29, 1.82) is 0 Å². The van der Waals surface area contributed by atoms with Crippen LogP contribution in [0, 0.1) is 0 Å². The Balaban J connectivity index is 1.25. The number of fused-ring (bicyclic) bond motifs is 1. The molecule has 34 heavy (non-hydrogen) atoms. The number of aromatic nitrogens is 2. The average molecular weight is 476 g/mol. The van der Waals surface area contributed by atoms with Crippen LogP contribution in [0.25, 0.3) is 10.9 Å². The largest absolute Gasteiger partial charge is 0.370 e. The standard InChI is InChI=1S/C25H25N5O3S/c31-25(23-15-19-17-26-12-11-21(19)28-23)27-16-18-7-9-20(10-8-18)34(32,33)29-22-5-1-2-6-24(22)30-13-3-4-14-30/h1-2,5-12,15,17,28-29H,3-4,13-14,16H2,(H,27,31). The Kier molecular flexibility index (Phi) is 5.93. The molecule has 5 rings (SSSR count). The van der Waals surface area contributed by atoms with Gasteiger partial charge in [0.2, 0.25) is 0 Å². The summed E-state index contributed by atoms with van der Waals surface area (Å²) in [6.45, 7) is 2.13. The van der Waals surface area contributed by atoms with E-state index in [4.69, 9.17) is 0 Å². The van der Waals surface area contributed by atoms with Crippen LogP contribution in [0.2, 0.25) is 0 Å². The number of H-pyrrole nitrogens is 1. The first kappa shape index (κ1) is 22.0. The Morgan fingerprint density at radius 1 is 1.03 bits per heavy atom. The Morgan fingerprint density at radius 2 is 1.79 bits per heavy atom. The van der Waals surface area contributed by atoms with Crippen LogP contribution in [0.15, 0.2) is 78.0 Å². The molecule has 1 fully saturated rings. The summed E-state index contributed by atoms with van der Waals surface area (Å²) in [6.07, 6.45) is 5.57. The topological polar surface area (TPSA) is 107 Å². The van der Waals surface area contributed by atoms with Crippen LogP contribution in [0.5, 0.6) is 0 Å². The highest BCUT2D eigenvalue weighted by atomic mass is 32.2. The van der Waals surface area contributed by atoms with Gasteiger partial charge in [0, 0.05) is 42.9 Å². The Bertz CT molecular complexity index is 1390. The third kappa shape index (κ3) is 4.60. The fraction of sp³-hybridized carbons (Fsp3) is 0.200. The summed E-state index contributed by atoms with van der Waals surface area (Å²) in [5, 5.41) is 3.71. The van der Waals surface area contributed by atoms with E-state index in [0.29, 0.717) is 11.4 Å². The summed E-state index contributed by atoms with van der Waals surface area (Å²) in [6, 6.07) is 17.5. The number of nitrogens with one attached hydrogen (secondary N) is 3. The number of benzene rings is 2. The van der Waals surface area contributed by atoms with Crippen molar-refractivity contribution >= 4 is 38.2 Å². The van der Waals surface area contributed by atoms with Gasteiger partial charge in [0.1, 0.15) is 5.69 Å². The number of hydrogen-bond donors (Lipinski definition) is 3. The molecule has 0 bridgehead atoms. The van der Waals surface area contributed by atoms with Crippen LogP contribution in [0.1, 0.15) is 28.9 Å². The first-order valence-corrected chi connectivity index (χ1v) is 12.6. The third-order valence-electron chi connectivity index (χ3n) is 5.95. The van der Waals surface area contributed by atoms with Crippen molar-refractivity contribution in [3.8, 4) is 0 Å². The molecule has 0 aliphatic carbocycles. The van der Waals surface area contributed by atoms with E-state index in [1.54, 1.807) is 48.8 Å². The molecule has 1 saturated heterocycles. The SMILES string of the molecule is O=C(NCc1ccc(S(=O)(=O)Nc2ccccc2N2CCCC2)cc1)c1cc2cnccc2[nH]1. The van der Waals surface area contributed by atoms with Crippen molar-refractivity contribution in [1.82, 2.24) is 15.3 Å². The zero-order chi connectivity index (χ0) is 23.5. The molecule has 0 unspecified atom stereocenters. The average Bonchev–Trinajstić information content (AvgIpc) is 3.53. The molecule has 4 aromatic rings. The van der Waals surface area contributed by atoms with E-state index >= 15 is 0 Å². The van der Waals surface area contributed by atoms with Gasteiger partial charge in [0.25, 0.3) is 15.9 Å². The lowest BCUT2D eigenvalue weighted by Crippen LogP contribution is -2.23. The Hall–Kier alpha value is -3.85. The lowest BCUT2D eigenvalue weighted by Gasteiger charge is -2.21. The summed E-state index contributed by atoms with van der Waals surface area (Å²) in [7, 11) is -3.75. The Morgan fingerprint density at radius 3 is 2.56 bits per heavy atom. The number of pyridine rings is 1. The van der Waals surface area contributed by atoms with Crippen molar-refractivity contribution in [2.24, 2.45) is 0 Å². The molecule has 0 spiro atoms. The fourth-order valence-electron chi connectivity index (χ4n) is 4.16. The molecule has 0 saturated carbocycles. The molecule has 174 valence electrons. The highest BCUT2D eigenvalue weighted by molar-refractivity contribution is 7.92. The van der Waals surface area contributed by atoms with Crippen LogP contribution < -0.4 is 14.9 Å². The summed E-state index contributed by atoms with van der Waals surface area (Å²) in [5.74, 6) is -0.243. The first-order valence-electron chi connectivity index (χ1n) is 11.2. The molecule has 0 radical (unpaired) electrons. The maximum atomic E-state index is 13.0. The monoisotopic (exact) mass is 475 g/mol. The van der Waals surface area contributed by atoms with Crippen molar-refractivity contribution in [3.63, 3.8) is 0 Å². The molecular weight excluding hydrogens is 450 g/mol. The number of para-hydroxylation sites is 2. The van der Waals surface area contributed by atoms with Gasteiger partial charge in [-0.2, -0.15) is 0 Å². The second kappa shape index (κ2) is 9.18. The minimum absolute atomic E-state index is 0.168. The lowest BCUT2D eigenvalue weighted by atomic mass is 10.2. The zero-order valence-electron chi connectivity index (χ0n) is 18.5. The highest BCUT2D eigenvalue weighted by Gasteiger charge is 2.20.